The van der Waals surface area contributed by atoms with Crippen molar-refractivity contribution >= 4 is 49.6 Å². The van der Waals surface area contributed by atoms with Crippen LogP contribution in [0, 0.1) is 13.8 Å². The molecule has 0 aliphatic rings. The van der Waals surface area contributed by atoms with Crippen LogP contribution in [0.3, 0.4) is 0 Å². The summed E-state index contributed by atoms with van der Waals surface area (Å²) in [6, 6.07) is 9.19. The molecule has 0 spiro atoms. The molecule has 0 unspecified atom stereocenters. The topological polar surface area (TPSA) is 73.0 Å². The fourth-order valence-electron chi connectivity index (χ4n) is 2.65. The van der Waals surface area contributed by atoms with Gasteiger partial charge >= 0.3 is 5.56 Å². The van der Waals surface area contributed by atoms with Crippen molar-refractivity contribution in [1.29, 1.82) is 0 Å². The molecule has 0 atom stereocenters. The maximum absolute atomic E-state index is 12.7. The highest BCUT2D eigenvalue weighted by atomic mass is 35.5. The number of aryl methyl sites for hydroxylation is 2. The van der Waals surface area contributed by atoms with Crippen LogP contribution < -0.4 is 5.56 Å². The van der Waals surface area contributed by atoms with E-state index in [1.807, 2.05) is 32.0 Å². The van der Waals surface area contributed by atoms with E-state index in [9.17, 15) is 4.79 Å². The Balaban J connectivity index is 1.89. The molecule has 0 fully saturated rings. The Morgan fingerprint density at radius 3 is 2.88 bits per heavy atom. The van der Waals surface area contributed by atoms with Gasteiger partial charge in [-0.25, -0.2) is 4.98 Å². The van der Waals surface area contributed by atoms with Crippen LogP contribution in [0.4, 0.5) is 0 Å². The van der Waals surface area contributed by atoms with E-state index in [-0.39, 0.29) is 5.56 Å². The monoisotopic (exact) mass is 369 g/mol. The van der Waals surface area contributed by atoms with Crippen molar-refractivity contribution in [2.45, 2.75) is 13.8 Å². The molecular formula is C17H12ClN5OS. The van der Waals surface area contributed by atoms with Crippen LogP contribution in [0.15, 0.2) is 40.2 Å². The number of rotatable bonds is 2. The van der Waals surface area contributed by atoms with Gasteiger partial charge in [-0.2, -0.15) is 5.10 Å². The SMILES string of the molecule is Cc1cc(C)c2c(n1)sc1c(=O)n(N=Cc3ccccc3Cl)nnc12. The highest BCUT2D eigenvalue weighted by molar-refractivity contribution is 7.25. The maximum Gasteiger partial charge on any atom is 0.309 e. The minimum Gasteiger partial charge on any atom is -0.264 e. The molecule has 0 aliphatic heterocycles. The minimum absolute atomic E-state index is 0.326. The standard InChI is InChI=1S/C17H12ClN5OS/c1-9-7-10(2)20-16-13(9)14-15(25-16)17(24)23(22-21-14)19-8-11-5-3-4-6-12(11)18/h3-8H,1-2H3. The van der Waals surface area contributed by atoms with Gasteiger partial charge in [-0.3, -0.25) is 4.79 Å². The molecule has 4 rings (SSSR count). The predicted molar refractivity (Wildman–Crippen MR) is 101 cm³/mol. The molecule has 0 saturated carbocycles. The van der Waals surface area contributed by atoms with Gasteiger partial charge in [0.05, 0.1) is 6.21 Å². The predicted octanol–water partition coefficient (Wildman–Crippen LogP) is 3.55. The van der Waals surface area contributed by atoms with Gasteiger partial charge < -0.3 is 0 Å². The normalized spacial score (nSPS) is 11.8. The number of halogens is 1. The van der Waals surface area contributed by atoms with E-state index in [2.05, 4.69) is 20.4 Å². The Bertz CT molecular complexity index is 1210. The number of thiophene rings is 1. The molecule has 6 nitrogen and oxygen atoms in total. The summed E-state index contributed by atoms with van der Waals surface area (Å²) in [6.45, 7) is 3.90. The minimum atomic E-state index is -0.326. The lowest BCUT2D eigenvalue weighted by Gasteiger charge is -1.99. The van der Waals surface area contributed by atoms with E-state index >= 15 is 0 Å². The zero-order chi connectivity index (χ0) is 17.6. The summed E-state index contributed by atoms with van der Waals surface area (Å²) in [7, 11) is 0. The van der Waals surface area contributed by atoms with Crippen molar-refractivity contribution in [1.82, 2.24) is 20.1 Å². The lowest BCUT2D eigenvalue weighted by Crippen LogP contribution is -2.19. The van der Waals surface area contributed by atoms with Gasteiger partial charge in [-0.15, -0.1) is 16.4 Å². The first-order valence-corrected chi connectivity index (χ1v) is 8.69. The van der Waals surface area contributed by atoms with Gasteiger partial charge in [-0.05, 0) is 36.8 Å². The van der Waals surface area contributed by atoms with Crippen molar-refractivity contribution in [3.05, 3.63) is 62.5 Å². The van der Waals surface area contributed by atoms with Gasteiger partial charge in [-0.1, -0.05) is 34.6 Å². The molecule has 0 N–H and O–H groups in total. The van der Waals surface area contributed by atoms with Crippen LogP contribution in [0.5, 0.6) is 0 Å². The van der Waals surface area contributed by atoms with E-state index in [1.54, 1.807) is 12.1 Å². The van der Waals surface area contributed by atoms with Crippen molar-refractivity contribution in [2.75, 3.05) is 0 Å². The van der Waals surface area contributed by atoms with Crippen LogP contribution >= 0.6 is 22.9 Å². The summed E-state index contributed by atoms with van der Waals surface area (Å²) in [6.07, 6.45) is 1.49. The summed E-state index contributed by atoms with van der Waals surface area (Å²) in [4.78, 5) is 19.0. The zero-order valence-electron chi connectivity index (χ0n) is 13.4. The molecular weight excluding hydrogens is 358 g/mol. The lowest BCUT2D eigenvalue weighted by molar-refractivity contribution is 0.643. The number of hydrogen-bond donors (Lipinski definition) is 0. The molecule has 3 aromatic heterocycles. The second-order valence-electron chi connectivity index (χ2n) is 5.59. The van der Waals surface area contributed by atoms with Crippen molar-refractivity contribution in [3.63, 3.8) is 0 Å². The van der Waals surface area contributed by atoms with Crippen molar-refractivity contribution in [2.24, 2.45) is 5.10 Å². The first-order chi connectivity index (χ1) is 12.0. The summed E-state index contributed by atoms with van der Waals surface area (Å²) in [5.74, 6) is 0. The van der Waals surface area contributed by atoms with Crippen LogP contribution in [-0.2, 0) is 0 Å². The Kier molecular flexibility index (Phi) is 3.82. The summed E-state index contributed by atoms with van der Waals surface area (Å²) in [5, 5.41) is 13.6. The second kappa shape index (κ2) is 6.02. The first-order valence-electron chi connectivity index (χ1n) is 7.50. The third-order valence-electron chi connectivity index (χ3n) is 3.78. The van der Waals surface area contributed by atoms with Crippen LogP contribution in [-0.4, -0.2) is 26.3 Å². The molecule has 0 aliphatic carbocycles. The third-order valence-corrected chi connectivity index (χ3v) is 5.18. The fourth-order valence-corrected chi connectivity index (χ4v) is 3.99. The largest absolute Gasteiger partial charge is 0.309 e. The Hall–Kier alpha value is -2.64. The quantitative estimate of drug-likeness (QED) is 0.506. The van der Waals surface area contributed by atoms with Crippen LogP contribution in [0.25, 0.3) is 20.4 Å². The molecule has 0 bridgehead atoms. The van der Waals surface area contributed by atoms with Crippen LogP contribution in [0.2, 0.25) is 5.02 Å². The smallest absolute Gasteiger partial charge is 0.264 e. The zero-order valence-corrected chi connectivity index (χ0v) is 15.0. The molecule has 0 amide bonds. The number of nitrogens with zero attached hydrogens (tertiary/aromatic N) is 5. The number of hydrogen-bond acceptors (Lipinski definition) is 6. The molecule has 8 heteroatoms. The lowest BCUT2D eigenvalue weighted by atomic mass is 10.1. The van der Waals surface area contributed by atoms with Gasteiger partial charge in [0, 0.05) is 21.7 Å². The fraction of sp³-hybridized carbons (Fsp3) is 0.118. The Morgan fingerprint density at radius 1 is 1.28 bits per heavy atom. The summed E-state index contributed by atoms with van der Waals surface area (Å²) in [5.41, 5.74) is 2.87. The third kappa shape index (κ3) is 2.71. The number of fused-ring (bicyclic) bond motifs is 3. The van der Waals surface area contributed by atoms with E-state index in [4.69, 9.17) is 11.6 Å². The highest BCUT2D eigenvalue weighted by Gasteiger charge is 2.15. The molecule has 3 heterocycles. The number of aromatic nitrogens is 4. The molecule has 124 valence electrons. The molecule has 25 heavy (non-hydrogen) atoms. The average molecular weight is 370 g/mol. The molecule has 0 radical (unpaired) electrons. The average Bonchev–Trinajstić information content (AvgIpc) is 2.95. The van der Waals surface area contributed by atoms with Gasteiger partial charge in [0.25, 0.3) is 0 Å². The van der Waals surface area contributed by atoms with Gasteiger partial charge in [0.2, 0.25) is 0 Å². The maximum atomic E-state index is 12.7. The van der Waals surface area contributed by atoms with E-state index < -0.39 is 0 Å². The second-order valence-corrected chi connectivity index (χ2v) is 7.00. The Labute approximate surface area is 151 Å². The van der Waals surface area contributed by atoms with E-state index in [0.717, 1.165) is 26.3 Å². The highest BCUT2D eigenvalue weighted by Crippen LogP contribution is 2.31. The number of benzene rings is 1. The molecule has 1 aromatic carbocycles. The Morgan fingerprint density at radius 2 is 2.08 bits per heavy atom. The van der Waals surface area contributed by atoms with E-state index in [0.29, 0.717) is 20.8 Å². The molecule has 4 aromatic rings. The van der Waals surface area contributed by atoms with Crippen LogP contribution in [0.1, 0.15) is 16.8 Å². The number of pyridine rings is 1. The summed E-state index contributed by atoms with van der Waals surface area (Å²) >= 11 is 7.40. The van der Waals surface area contributed by atoms with Gasteiger partial charge in [0.1, 0.15) is 15.0 Å². The summed E-state index contributed by atoms with van der Waals surface area (Å²) < 4.78 is 0.488. The molecule has 0 saturated heterocycles. The van der Waals surface area contributed by atoms with Gasteiger partial charge in [0.15, 0.2) is 0 Å². The first kappa shape index (κ1) is 15.9. The van der Waals surface area contributed by atoms with Crippen molar-refractivity contribution in [3.8, 4) is 0 Å². The van der Waals surface area contributed by atoms with Crippen molar-refractivity contribution < 1.29 is 0 Å². The van der Waals surface area contributed by atoms with E-state index in [1.165, 1.54) is 17.6 Å².